The van der Waals surface area contributed by atoms with Gasteiger partial charge in [-0.2, -0.15) is 0 Å². The Morgan fingerprint density at radius 3 is 2.63 bits per heavy atom. The van der Waals surface area contributed by atoms with E-state index in [0.29, 0.717) is 12.1 Å². The summed E-state index contributed by atoms with van der Waals surface area (Å²) in [6.45, 7) is 2.75. The number of fused-ring (bicyclic) bond motifs is 1. The zero-order chi connectivity index (χ0) is 19.2. The number of imidazole rings is 1. The Morgan fingerprint density at radius 2 is 1.89 bits per heavy atom. The molecule has 0 aliphatic carbocycles. The van der Waals surface area contributed by atoms with E-state index in [-0.39, 0.29) is 12.5 Å². The highest BCUT2D eigenvalue weighted by atomic mass is 16.5. The molecule has 0 spiro atoms. The van der Waals surface area contributed by atoms with Gasteiger partial charge in [-0.25, -0.2) is 9.78 Å². The van der Waals surface area contributed by atoms with Crippen LogP contribution in [0.15, 0.2) is 54.6 Å². The van der Waals surface area contributed by atoms with Crippen molar-refractivity contribution in [2.45, 2.75) is 13.5 Å². The molecule has 0 unspecified atom stereocenters. The third-order valence-electron chi connectivity index (χ3n) is 4.22. The quantitative estimate of drug-likeness (QED) is 0.540. The van der Waals surface area contributed by atoms with Gasteiger partial charge < -0.3 is 14.6 Å². The molecule has 1 N–H and O–H groups in total. The minimum Gasteiger partial charge on any atom is -0.461 e. The molecule has 138 valence electrons. The molecular formula is C21H21N3O3. The van der Waals surface area contributed by atoms with E-state index >= 15 is 0 Å². The molecule has 0 fully saturated rings. The number of ether oxygens (including phenoxy) is 1. The van der Waals surface area contributed by atoms with Gasteiger partial charge in [0.1, 0.15) is 12.4 Å². The molecule has 0 bridgehead atoms. The number of amides is 1. The fourth-order valence-corrected chi connectivity index (χ4v) is 2.82. The summed E-state index contributed by atoms with van der Waals surface area (Å²) in [7, 11) is 1.58. The molecule has 2 aromatic carbocycles. The Morgan fingerprint density at radius 1 is 1.15 bits per heavy atom. The average molecular weight is 363 g/mol. The lowest BCUT2D eigenvalue weighted by Crippen LogP contribution is -2.17. The van der Waals surface area contributed by atoms with Crippen LogP contribution in [0.1, 0.15) is 21.7 Å². The minimum absolute atomic E-state index is 0.146. The normalized spacial score (nSPS) is 11.0. The molecule has 0 atom stereocenters. The standard InChI is InChI=1S/C21H21N3O3/c1-15-23-18-5-3-4-6-19(18)24(15)13-14-27-20(25)12-9-16-7-10-17(11-8-16)21(26)22-2/h3-12H,13-14H2,1-2H3,(H,22,26). The van der Waals surface area contributed by atoms with Gasteiger partial charge >= 0.3 is 5.97 Å². The van der Waals surface area contributed by atoms with E-state index in [1.54, 1.807) is 37.4 Å². The van der Waals surface area contributed by atoms with Crippen molar-refractivity contribution in [1.82, 2.24) is 14.9 Å². The van der Waals surface area contributed by atoms with E-state index in [2.05, 4.69) is 10.3 Å². The topological polar surface area (TPSA) is 73.2 Å². The van der Waals surface area contributed by atoms with Crippen LogP contribution in [-0.2, 0) is 16.1 Å². The van der Waals surface area contributed by atoms with Crippen LogP contribution in [0.2, 0.25) is 0 Å². The summed E-state index contributed by atoms with van der Waals surface area (Å²) in [5.74, 6) is 0.332. The van der Waals surface area contributed by atoms with Crippen molar-refractivity contribution in [2.24, 2.45) is 0 Å². The van der Waals surface area contributed by atoms with E-state index < -0.39 is 5.97 Å². The van der Waals surface area contributed by atoms with Crippen LogP contribution < -0.4 is 5.32 Å². The highest BCUT2D eigenvalue weighted by molar-refractivity contribution is 5.94. The van der Waals surface area contributed by atoms with Crippen molar-refractivity contribution in [1.29, 1.82) is 0 Å². The van der Waals surface area contributed by atoms with Crippen LogP contribution in [0.3, 0.4) is 0 Å². The third-order valence-corrected chi connectivity index (χ3v) is 4.22. The number of nitrogens with one attached hydrogen (secondary N) is 1. The van der Waals surface area contributed by atoms with Crippen molar-refractivity contribution in [2.75, 3.05) is 13.7 Å². The number of benzene rings is 2. The predicted molar refractivity (Wildman–Crippen MR) is 104 cm³/mol. The van der Waals surface area contributed by atoms with Crippen molar-refractivity contribution < 1.29 is 14.3 Å². The Hall–Kier alpha value is -3.41. The minimum atomic E-state index is -0.410. The number of carbonyl (C=O) groups is 2. The highest BCUT2D eigenvalue weighted by Crippen LogP contribution is 2.15. The van der Waals surface area contributed by atoms with Crippen LogP contribution in [0.4, 0.5) is 0 Å². The number of hydrogen-bond donors (Lipinski definition) is 1. The maximum atomic E-state index is 11.9. The monoisotopic (exact) mass is 363 g/mol. The lowest BCUT2D eigenvalue weighted by atomic mass is 10.1. The molecule has 6 heteroatoms. The molecule has 3 aromatic rings. The number of nitrogens with zero attached hydrogens (tertiary/aromatic N) is 2. The predicted octanol–water partition coefficient (Wildman–Crippen LogP) is 2.96. The zero-order valence-corrected chi connectivity index (χ0v) is 15.3. The van der Waals surface area contributed by atoms with Gasteiger partial charge in [-0.1, -0.05) is 24.3 Å². The lowest BCUT2D eigenvalue weighted by Gasteiger charge is -2.07. The van der Waals surface area contributed by atoms with Crippen LogP contribution in [0.25, 0.3) is 17.1 Å². The number of carbonyl (C=O) groups excluding carboxylic acids is 2. The van der Waals surface area contributed by atoms with Gasteiger partial charge in [-0.3, -0.25) is 4.79 Å². The smallest absolute Gasteiger partial charge is 0.330 e. The second-order valence-electron chi connectivity index (χ2n) is 6.00. The van der Waals surface area contributed by atoms with Crippen molar-refractivity contribution in [3.63, 3.8) is 0 Å². The maximum Gasteiger partial charge on any atom is 0.330 e. The summed E-state index contributed by atoms with van der Waals surface area (Å²) in [6.07, 6.45) is 3.04. The fraction of sp³-hybridized carbons (Fsp3) is 0.190. The van der Waals surface area contributed by atoms with Gasteiger partial charge in [0.05, 0.1) is 17.6 Å². The molecule has 1 aromatic heterocycles. The van der Waals surface area contributed by atoms with E-state index in [4.69, 9.17) is 4.74 Å². The third kappa shape index (κ3) is 4.41. The molecular weight excluding hydrogens is 342 g/mol. The largest absolute Gasteiger partial charge is 0.461 e. The first-order valence-corrected chi connectivity index (χ1v) is 8.67. The van der Waals surface area contributed by atoms with Gasteiger partial charge in [0.2, 0.25) is 0 Å². The molecule has 0 saturated heterocycles. The summed E-state index contributed by atoms with van der Waals surface area (Å²) in [6, 6.07) is 14.8. The van der Waals surface area contributed by atoms with Crippen LogP contribution in [0, 0.1) is 6.92 Å². The highest BCUT2D eigenvalue weighted by Gasteiger charge is 2.07. The first-order valence-electron chi connectivity index (χ1n) is 8.67. The van der Waals surface area contributed by atoms with E-state index in [1.165, 1.54) is 6.08 Å². The molecule has 1 amide bonds. The van der Waals surface area contributed by atoms with E-state index in [0.717, 1.165) is 22.4 Å². The maximum absolute atomic E-state index is 11.9. The molecule has 6 nitrogen and oxygen atoms in total. The van der Waals surface area contributed by atoms with Crippen molar-refractivity contribution in [3.05, 3.63) is 71.6 Å². The van der Waals surface area contributed by atoms with Crippen LogP contribution >= 0.6 is 0 Å². The lowest BCUT2D eigenvalue weighted by molar-refractivity contribution is -0.137. The number of hydrogen-bond acceptors (Lipinski definition) is 4. The summed E-state index contributed by atoms with van der Waals surface area (Å²) in [4.78, 5) is 27.9. The Bertz CT molecular complexity index is 988. The first-order chi connectivity index (χ1) is 13.1. The van der Waals surface area contributed by atoms with Crippen molar-refractivity contribution in [3.8, 4) is 0 Å². The second-order valence-corrected chi connectivity index (χ2v) is 6.00. The number of rotatable bonds is 6. The molecule has 0 aliphatic heterocycles. The summed E-state index contributed by atoms with van der Waals surface area (Å²) in [5, 5.41) is 2.56. The van der Waals surface area contributed by atoms with Gasteiger partial charge in [-0.15, -0.1) is 0 Å². The van der Waals surface area contributed by atoms with Crippen LogP contribution in [0.5, 0.6) is 0 Å². The Balaban J connectivity index is 1.54. The van der Waals surface area contributed by atoms with Crippen molar-refractivity contribution >= 4 is 29.0 Å². The fourth-order valence-electron chi connectivity index (χ4n) is 2.82. The molecule has 0 radical (unpaired) electrons. The number of esters is 1. The van der Waals surface area contributed by atoms with Crippen LogP contribution in [-0.4, -0.2) is 35.1 Å². The molecule has 3 rings (SSSR count). The molecule has 1 heterocycles. The average Bonchev–Trinajstić information content (AvgIpc) is 3.01. The molecule has 27 heavy (non-hydrogen) atoms. The van der Waals surface area contributed by atoms with Gasteiger partial charge in [0, 0.05) is 18.7 Å². The summed E-state index contributed by atoms with van der Waals surface area (Å²) >= 11 is 0. The summed E-state index contributed by atoms with van der Waals surface area (Å²) in [5.41, 5.74) is 3.34. The van der Waals surface area contributed by atoms with E-state index in [1.807, 2.05) is 35.8 Å². The second kappa shape index (κ2) is 8.31. The first kappa shape index (κ1) is 18.4. The van der Waals surface area contributed by atoms with Gasteiger partial charge in [0.25, 0.3) is 5.91 Å². The number of aromatic nitrogens is 2. The SMILES string of the molecule is CNC(=O)c1ccc(C=CC(=O)OCCn2c(C)nc3ccccc32)cc1. The number of aryl methyl sites for hydroxylation is 1. The van der Waals surface area contributed by atoms with Gasteiger partial charge in [-0.05, 0) is 42.8 Å². The van der Waals surface area contributed by atoms with Gasteiger partial charge in [0.15, 0.2) is 0 Å². The number of para-hydroxylation sites is 2. The zero-order valence-electron chi connectivity index (χ0n) is 15.3. The Kier molecular flexibility index (Phi) is 5.66. The summed E-state index contributed by atoms with van der Waals surface area (Å²) < 4.78 is 7.31. The Labute approximate surface area is 157 Å². The molecule has 0 aliphatic rings. The molecule has 0 saturated carbocycles. The van der Waals surface area contributed by atoms with E-state index in [9.17, 15) is 9.59 Å².